The lowest BCUT2D eigenvalue weighted by Gasteiger charge is -2.24. The predicted octanol–water partition coefficient (Wildman–Crippen LogP) is 0.0322. The van der Waals surface area contributed by atoms with Crippen molar-refractivity contribution in [1.82, 2.24) is 10.6 Å². The van der Waals surface area contributed by atoms with Gasteiger partial charge in [0.25, 0.3) is 0 Å². The van der Waals surface area contributed by atoms with Crippen LogP contribution in [0, 0.1) is 0 Å². The maximum absolute atomic E-state index is 11.4. The lowest BCUT2D eigenvalue weighted by Crippen LogP contribution is -2.50. The molecule has 1 rings (SSSR count). The van der Waals surface area contributed by atoms with Gasteiger partial charge in [0.05, 0.1) is 18.8 Å². The first kappa shape index (κ1) is 14.4. The standard InChI is InChI=1S/C12H24N2O3/c1-2-3-7-17-9-10(15)8-14-11-5-4-6-13-12(11)16/h10-11,14-15H,2-9H2,1H3,(H,13,16). The average Bonchev–Trinajstić information content (AvgIpc) is 2.34. The Labute approximate surface area is 103 Å². The zero-order chi connectivity index (χ0) is 12.5. The van der Waals surface area contributed by atoms with Gasteiger partial charge in [-0.3, -0.25) is 4.79 Å². The van der Waals surface area contributed by atoms with Crippen LogP contribution in [0.15, 0.2) is 0 Å². The van der Waals surface area contributed by atoms with Crippen LogP contribution in [0.4, 0.5) is 0 Å². The molecule has 3 N–H and O–H groups in total. The van der Waals surface area contributed by atoms with Crippen LogP contribution < -0.4 is 10.6 Å². The van der Waals surface area contributed by atoms with E-state index < -0.39 is 6.10 Å². The molecule has 1 aliphatic heterocycles. The molecule has 1 heterocycles. The fraction of sp³-hybridized carbons (Fsp3) is 0.917. The van der Waals surface area contributed by atoms with Gasteiger partial charge in [0, 0.05) is 19.7 Å². The van der Waals surface area contributed by atoms with Crippen molar-refractivity contribution in [3.8, 4) is 0 Å². The van der Waals surface area contributed by atoms with Crippen LogP contribution in [-0.2, 0) is 9.53 Å². The highest BCUT2D eigenvalue weighted by Gasteiger charge is 2.21. The van der Waals surface area contributed by atoms with Crippen molar-refractivity contribution in [1.29, 1.82) is 0 Å². The number of rotatable bonds is 8. The van der Waals surface area contributed by atoms with Gasteiger partial charge in [0.15, 0.2) is 0 Å². The summed E-state index contributed by atoms with van der Waals surface area (Å²) in [6, 6.07) is -0.158. The van der Waals surface area contributed by atoms with E-state index in [-0.39, 0.29) is 11.9 Å². The van der Waals surface area contributed by atoms with Crippen LogP contribution in [0.5, 0.6) is 0 Å². The number of carbonyl (C=O) groups is 1. The molecule has 0 bridgehead atoms. The van der Waals surface area contributed by atoms with E-state index in [2.05, 4.69) is 17.6 Å². The van der Waals surface area contributed by atoms with Gasteiger partial charge in [-0.1, -0.05) is 13.3 Å². The number of hydrogen-bond acceptors (Lipinski definition) is 4. The highest BCUT2D eigenvalue weighted by molar-refractivity contribution is 5.82. The summed E-state index contributed by atoms with van der Waals surface area (Å²) in [6.07, 6.45) is 3.41. The first-order valence-electron chi connectivity index (χ1n) is 6.51. The fourth-order valence-electron chi connectivity index (χ4n) is 1.77. The lowest BCUT2D eigenvalue weighted by atomic mass is 10.1. The first-order chi connectivity index (χ1) is 8.24. The first-order valence-corrected chi connectivity index (χ1v) is 6.51. The molecule has 100 valence electrons. The van der Waals surface area contributed by atoms with Gasteiger partial charge < -0.3 is 20.5 Å². The van der Waals surface area contributed by atoms with E-state index in [1.807, 2.05) is 0 Å². The summed E-state index contributed by atoms with van der Waals surface area (Å²) in [4.78, 5) is 11.4. The number of nitrogens with one attached hydrogen (secondary N) is 2. The van der Waals surface area contributed by atoms with Gasteiger partial charge >= 0.3 is 0 Å². The van der Waals surface area contributed by atoms with Gasteiger partial charge in [0.2, 0.25) is 5.91 Å². The largest absolute Gasteiger partial charge is 0.389 e. The quantitative estimate of drug-likeness (QED) is 0.527. The van der Waals surface area contributed by atoms with Crippen molar-refractivity contribution in [3.63, 3.8) is 0 Å². The smallest absolute Gasteiger partial charge is 0.237 e. The monoisotopic (exact) mass is 244 g/mol. The number of unbranched alkanes of at least 4 members (excludes halogenated alkanes) is 1. The third-order valence-electron chi connectivity index (χ3n) is 2.84. The second-order valence-electron chi connectivity index (χ2n) is 4.48. The van der Waals surface area contributed by atoms with Crippen molar-refractivity contribution in [2.24, 2.45) is 0 Å². The Morgan fingerprint density at radius 1 is 1.65 bits per heavy atom. The van der Waals surface area contributed by atoms with Crippen molar-refractivity contribution >= 4 is 5.91 Å². The average molecular weight is 244 g/mol. The molecule has 0 aromatic carbocycles. The second-order valence-corrected chi connectivity index (χ2v) is 4.48. The Hall–Kier alpha value is -0.650. The normalized spacial score (nSPS) is 22.2. The topological polar surface area (TPSA) is 70.6 Å². The molecule has 1 saturated heterocycles. The molecule has 1 fully saturated rings. The van der Waals surface area contributed by atoms with Gasteiger partial charge in [-0.25, -0.2) is 0 Å². The third-order valence-corrected chi connectivity index (χ3v) is 2.84. The zero-order valence-electron chi connectivity index (χ0n) is 10.6. The summed E-state index contributed by atoms with van der Waals surface area (Å²) < 4.78 is 5.31. The third kappa shape index (κ3) is 6.00. The molecule has 2 atom stereocenters. The molecule has 5 nitrogen and oxygen atoms in total. The van der Waals surface area contributed by atoms with Crippen molar-refractivity contribution < 1.29 is 14.6 Å². The van der Waals surface area contributed by atoms with Crippen LogP contribution in [0.25, 0.3) is 0 Å². The lowest BCUT2D eigenvalue weighted by molar-refractivity contribution is -0.124. The minimum Gasteiger partial charge on any atom is -0.389 e. The highest BCUT2D eigenvalue weighted by Crippen LogP contribution is 2.02. The van der Waals surface area contributed by atoms with E-state index in [1.165, 1.54) is 0 Å². The predicted molar refractivity (Wildman–Crippen MR) is 65.8 cm³/mol. The molecule has 0 spiro atoms. The van der Waals surface area contributed by atoms with E-state index >= 15 is 0 Å². The molecule has 2 unspecified atom stereocenters. The summed E-state index contributed by atoms with van der Waals surface area (Å²) in [6.45, 7) is 4.30. The number of amides is 1. The molecule has 17 heavy (non-hydrogen) atoms. The van der Waals surface area contributed by atoms with Gasteiger partial charge in [-0.2, -0.15) is 0 Å². The van der Waals surface area contributed by atoms with Crippen LogP contribution in [-0.4, -0.2) is 49.5 Å². The Kier molecular flexibility index (Phi) is 7.16. The number of ether oxygens (including phenoxy) is 1. The van der Waals surface area contributed by atoms with E-state index in [9.17, 15) is 9.90 Å². The maximum Gasteiger partial charge on any atom is 0.237 e. The molecule has 1 amide bonds. The molecule has 0 aromatic rings. The van der Waals surface area contributed by atoms with E-state index in [4.69, 9.17) is 4.74 Å². The number of aliphatic hydroxyl groups is 1. The molecular formula is C12H24N2O3. The minimum absolute atomic E-state index is 0.0374. The SMILES string of the molecule is CCCCOCC(O)CNC1CCCNC1=O. The van der Waals surface area contributed by atoms with Gasteiger partial charge in [0.1, 0.15) is 0 Å². The van der Waals surface area contributed by atoms with Crippen LogP contribution in [0.2, 0.25) is 0 Å². The Bertz CT molecular complexity index is 224. The number of aliphatic hydroxyl groups excluding tert-OH is 1. The van der Waals surface area contributed by atoms with Crippen LogP contribution in [0.3, 0.4) is 0 Å². The zero-order valence-corrected chi connectivity index (χ0v) is 10.6. The number of piperidine rings is 1. The molecular weight excluding hydrogens is 220 g/mol. The van der Waals surface area contributed by atoms with E-state index in [1.54, 1.807) is 0 Å². The number of hydrogen-bond donors (Lipinski definition) is 3. The van der Waals surface area contributed by atoms with Gasteiger partial charge in [-0.15, -0.1) is 0 Å². The van der Waals surface area contributed by atoms with Crippen LogP contribution >= 0.6 is 0 Å². The fourth-order valence-corrected chi connectivity index (χ4v) is 1.77. The Morgan fingerprint density at radius 3 is 3.18 bits per heavy atom. The van der Waals surface area contributed by atoms with E-state index in [0.29, 0.717) is 19.8 Å². The molecule has 0 aliphatic carbocycles. The van der Waals surface area contributed by atoms with E-state index in [0.717, 1.165) is 32.2 Å². The molecule has 5 heteroatoms. The van der Waals surface area contributed by atoms with Crippen molar-refractivity contribution in [3.05, 3.63) is 0 Å². The molecule has 1 aliphatic rings. The summed E-state index contributed by atoms with van der Waals surface area (Å²) in [5.74, 6) is 0.0374. The number of carbonyl (C=O) groups excluding carboxylic acids is 1. The Morgan fingerprint density at radius 2 is 2.47 bits per heavy atom. The molecule has 0 saturated carbocycles. The highest BCUT2D eigenvalue weighted by atomic mass is 16.5. The summed E-state index contributed by atoms with van der Waals surface area (Å²) in [5.41, 5.74) is 0. The maximum atomic E-state index is 11.4. The summed E-state index contributed by atoms with van der Waals surface area (Å²) >= 11 is 0. The minimum atomic E-state index is -0.540. The van der Waals surface area contributed by atoms with Crippen molar-refractivity contribution in [2.45, 2.75) is 44.8 Å². The molecule has 0 aromatic heterocycles. The summed E-state index contributed by atoms with van der Waals surface area (Å²) in [5, 5.41) is 15.5. The van der Waals surface area contributed by atoms with Gasteiger partial charge in [-0.05, 0) is 19.3 Å². The second kappa shape index (κ2) is 8.44. The summed E-state index contributed by atoms with van der Waals surface area (Å²) in [7, 11) is 0. The molecule has 0 radical (unpaired) electrons. The Balaban J connectivity index is 2.05. The van der Waals surface area contributed by atoms with Crippen LogP contribution in [0.1, 0.15) is 32.6 Å². The van der Waals surface area contributed by atoms with Crippen molar-refractivity contribution in [2.75, 3.05) is 26.3 Å².